The second kappa shape index (κ2) is 8.39. The van der Waals surface area contributed by atoms with Gasteiger partial charge < -0.3 is 10.2 Å². The highest BCUT2D eigenvalue weighted by molar-refractivity contribution is 5.94. The van der Waals surface area contributed by atoms with Crippen LogP contribution in [0.1, 0.15) is 62.4 Å². The smallest absolute Gasteiger partial charge is 0.251 e. The molecule has 0 aliphatic carbocycles. The zero-order valence-electron chi connectivity index (χ0n) is 16.8. The van der Waals surface area contributed by atoms with Gasteiger partial charge in [0.25, 0.3) is 5.91 Å². The lowest BCUT2D eigenvalue weighted by Gasteiger charge is -2.44. The largest absolute Gasteiger partial charge is 0.352 e. The number of aromatic nitrogens is 4. The maximum absolute atomic E-state index is 12.6. The van der Waals surface area contributed by atoms with Crippen LogP contribution in [0, 0.1) is 5.92 Å². The van der Waals surface area contributed by atoms with E-state index in [1.807, 2.05) is 38.1 Å². The lowest BCUT2D eigenvalue weighted by atomic mass is 9.83. The maximum atomic E-state index is 12.6. The molecule has 0 saturated carbocycles. The van der Waals surface area contributed by atoms with E-state index in [9.17, 15) is 4.79 Å². The van der Waals surface area contributed by atoms with E-state index in [-0.39, 0.29) is 11.9 Å². The second-order valence-corrected chi connectivity index (χ2v) is 8.32. The minimum absolute atomic E-state index is 0.00160. The van der Waals surface area contributed by atoms with Crippen LogP contribution in [0.15, 0.2) is 24.3 Å². The number of fused-ring (bicyclic) bond motifs is 1. The monoisotopic (exact) mass is 382 g/mol. The summed E-state index contributed by atoms with van der Waals surface area (Å²) >= 11 is 0. The third kappa shape index (κ3) is 4.09. The van der Waals surface area contributed by atoms with Crippen molar-refractivity contribution in [3.8, 4) is 11.4 Å². The average Bonchev–Trinajstić information content (AvgIpc) is 3.23. The molecule has 3 heterocycles. The molecule has 7 heteroatoms. The molecule has 0 radical (unpaired) electrons. The van der Waals surface area contributed by atoms with Crippen molar-refractivity contribution in [2.75, 3.05) is 19.6 Å². The minimum atomic E-state index is -0.00160. The van der Waals surface area contributed by atoms with Crippen molar-refractivity contribution >= 4 is 5.91 Å². The Labute approximate surface area is 166 Å². The molecule has 2 atom stereocenters. The first-order chi connectivity index (χ1) is 13.6. The van der Waals surface area contributed by atoms with Crippen LogP contribution < -0.4 is 5.32 Å². The van der Waals surface area contributed by atoms with Gasteiger partial charge >= 0.3 is 0 Å². The molecular formula is C21H30N6O. The van der Waals surface area contributed by atoms with Gasteiger partial charge in [0.2, 0.25) is 5.82 Å². The van der Waals surface area contributed by atoms with Gasteiger partial charge in [0.1, 0.15) is 0 Å². The number of hydrogen-bond donors (Lipinski definition) is 1. The van der Waals surface area contributed by atoms with Crippen LogP contribution in [0.25, 0.3) is 11.4 Å². The first kappa shape index (κ1) is 19.1. The van der Waals surface area contributed by atoms with E-state index < -0.39 is 0 Å². The van der Waals surface area contributed by atoms with Gasteiger partial charge in [0.15, 0.2) is 0 Å². The van der Waals surface area contributed by atoms with Crippen LogP contribution in [0.3, 0.4) is 0 Å². The molecule has 150 valence electrons. The summed E-state index contributed by atoms with van der Waals surface area (Å²) < 4.78 is 0. The van der Waals surface area contributed by atoms with Crippen LogP contribution in [-0.4, -0.2) is 56.7 Å². The Bertz CT molecular complexity index is 797. The van der Waals surface area contributed by atoms with Gasteiger partial charge in [-0.3, -0.25) is 4.79 Å². The van der Waals surface area contributed by atoms with Crippen LogP contribution in [0.4, 0.5) is 0 Å². The number of amides is 1. The van der Waals surface area contributed by atoms with Crippen molar-refractivity contribution in [3.63, 3.8) is 0 Å². The fourth-order valence-corrected chi connectivity index (χ4v) is 4.47. The summed E-state index contributed by atoms with van der Waals surface area (Å²) in [5.41, 5.74) is 1.55. The third-order valence-electron chi connectivity index (χ3n) is 6.05. The molecule has 1 aromatic carbocycles. The number of benzene rings is 1. The van der Waals surface area contributed by atoms with Crippen molar-refractivity contribution in [2.24, 2.45) is 5.92 Å². The highest BCUT2D eigenvalue weighted by Crippen LogP contribution is 2.30. The van der Waals surface area contributed by atoms with E-state index >= 15 is 0 Å². The van der Waals surface area contributed by atoms with E-state index in [2.05, 4.69) is 25.6 Å². The summed E-state index contributed by atoms with van der Waals surface area (Å²) in [5, 5.41) is 15.7. The molecular weight excluding hydrogens is 352 g/mol. The van der Waals surface area contributed by atoms with Gasteiger partial charge in [0.05, 0.1) is 6.04 Å². The third-order valence-corrected chi connectivity index (χ3v) is 6.05. The summed E-state index contributed by atoms with van der Waals surface area (Å²) in [6.07, 6.45) is 6.39. The number of piperidine rings is 2. The number of tetrazole rings is 1. The molecule has 2 aliphatic heterocycles. The maximum Gasteiger partial charge on any atom is 0.251 e. The van der Waals surface area contributed by atoms with Crippen molar-refractivity contribution in [1.82, 2.24) is 30.4 Å². The standard InChI is InChI=1S/C21H30N6O/c1-15(2)27-24-20(23-25-27)16-8-10-17(11-9-16)21(28)22-14-18-6-5-13-26-12-4-3-7-19(18)26/h8-11,15,18-19H,3-7,12-14H2,1-2H3,(H,22,28). The van der Waals surface area contributed by atoms with Gasteiger partial charge in [0, 0.05) is 23.7 Å². The van der Waals surface area contributed by atoms with E-state index in [4.69, 9.17) is 0 Å². The Morgan fingerprint density at radius 2 is 1.93 bits per heavy atom. The molecule has 4 rings (SSSR count). The summed E-state index contributed by atoms with van der Waals surface area (Å²) in [7, 11) is 0. The molecule has 1 amide bonds. The summed E-state index contributed by atoms with van der Waals surface area (Å²) in [5.74, 6) is 1.16. The SMILES string of the molecule is CC(C)n1nnc(-c2ccc(C(=O)NCC3CCCN4CCCCC34)cc2)n1. The first-order valence-electron chi connectivity index (χ1n) is 10.5. The van der Waals surface area contributed by atoms with E-state index in [0.717, 1.165) is 12.1 Å². The average molecular weight is 383 g/mol. The van der Waals surface area contributed by atoms with Crippen LogP contribution in [0.2, 0.25) is 0 Å². The molecule has 2 saturated heterocycles. The van der Waals surface area contributed by atoms with Gasteiger partial charge in [-0.25, -0.2) is 0 Å². The highest BCUT2D eigenvalue weighted by atomic mass is 16.1. The van der Waals surface area contributed by atoms with E-state index in [0.29, 0.717) is 23.3 Å². The zero-order valence-corrected chi connectivity index (χ0v) is 16.8. The Morgan fingerprint density at radius 3 is 2.68 bits per heavy atom. The number of carbonyl (C=O) groups is 1. The van der Waals surface area contributed by atoms with Gasteiger partial charge in [-0.15, -0.1) is 10.2 Å². The van der Waals surface area contributed by atoms with Crippen LogP contribution >= 0.6 is 0 Å². The number of carbonyl (C=O) groups excluding carboxylic acids is 1. The molecule has 28 heavy (non-hydrogen) atoms. The van der Waals surface area contributed by atoms with Gasteiger partial charge in [-0.1, -0.05) is 18.6 Å². The first-order valence-corrected chi connectivity index (χ1v) is 10.5. The fourth-order valence-electron chi connectivity index (χ4n) is 4.47. The van der Waals surface area contributed by atoms with Gasteiger partial charge in [-0.05, 0) is 75.9 Å². The fraction of sp³-hybridized carbons (Fsp3) is 0.619. The molecule has 2 aliphatic rings. The number of nitrogens with zero attached hydrogens (tertiary/aromatic N) is 5. The minimum Gasteiger partial charge on any atom is -0.352 e. The number of rotatable bonds is 5. The topological polar surface area (TPSA) is 75.9 Å². The second-order valence-electron chi connectivity index (χ2n) is 8.32. The lowest BCUT2D eigenvalue weighted by molar-refractivity contribution is 0.0575. The normalized spacial score (nSPS) is 22.8. The number of nitrogens with one attached hydrogen (secondary N) is 1. The molecule has 1 aromatic heterocycles. The predicted molar refractivity (Wildman–Crippen MR) is 108 cm³/mol. The van der Waals surface area contributed by atoms with Crippen LogP contribution in [0.5, 0.6) is 0 Å². The van der Waals surface area contributed by atoms with E-state index in [1.54, 1.807) is 4.80 Å². The zero-order chi connectivity index (χ0) is 19.5. The van der Waals surface area contributed by atoms with Gasteiger partial charge in [-0.2, -0.15) is 4.80 Å². The molecule has 0 bridgehead atoms. The summed E-state index contributed by atoms with van der Waals surface area (Å²) in [6, 6.07) is 8.29. The Balaban J connectivity index is 1.35. The van der Waals surface area contributed by atoms with Crippen molar-refractivity contribution in [3.05, 3.63) is 29.8 Å². The molecule has 2 fully saturated rings. The predicted octanol–water partition coefficient (Wildman–Crippen LogP) is 2.92. The molecule has 0 spiro atoms. The summed E-state index contributed by atoms with van der Waals surface area (Å²) in [4.78, 5) is 16.8. The van der Waals surface area contributed by atoms with Crippen LogP contribution in [-0.2, 0) is 0 Å². The Morgan fingerprint density at radius 1 is 1.14 bits per heavy atom. The van der Waals surface area contributed by atoms with Crippen molar-refractivity contribution in [2.45, 2.75) is 58.0 Å². The van der Waals surface area contributed by atoms with Crippen molar-refractivity contribution in [1.29, 1.82) is 0 Å². The van der Waals surface area contributed by atoms with Crippen molar-refractivity contribution < 1.29 is 4.79 Å². The highest BCUT2D eigenvalue weighted by Gasteiger charge is 2.32. The lowest BCUT2D eigenvalue weighted by Crippen LogP contribution is -2.51. The quantitative estimate of drug-likeness (QED) is 0.860. The summed E-state index contributed by atoms with van der Waals surface area (Å²) in [6.45, 7) is 7.25. The Kier molecular flexibility index (Phi) is 5.71. The van der Waals surface area contributed by atoms with E-state index in [1.165, 1.54) is 45.2 Å². The molecule has 7 nitrogen and oxygen atoms in total. The Hall–Kier alpha value is -2.28. The number of hydrogen-bond acceptors (Lipinski definition) is 5. The molecule has 1 N–H and O–H groups in total. The molecule has 2 aromatic rings. The molecule has 2 unspecified atom stereocenters.